The van der Waals surface area contributed by atoms with Gasteiger partial charge in [0.15, 0.2) is 0 Å². The summed E-state index contributed by atoms with van der Waals surface area (Å²) in [5, 5.41) is 2.94. The van der Waals surface area contributed by atoms with E-state index in [4.69, 9.17) is 4.98 Å². The van der Waals surface area contributed by atoms with E-state index in [1.807, 2.05) is 33.7 Å². The van der Waals surface area contributed by atoms with Crippen molar-refractivity contribution in [2.75, 3.05) is 6.54 Å². The van der Waals surface area contributed by atoms with Crippen LogP contribution in [0.15, 0.2) is 48.8 Å². The Morgan fingerprint density at radius 2 is 1.79 bits per heavy atom. The highest BCUT2D eigenvalue weighted by atomic mass is 16.2. The normalized spacial score (nSPS) is 13.0. The summed E-state index contributed by atoms with van der Waals surface area (Å²) >= 11 is 0. The molecule has 176 valence electrons. The number of rotatable bonds is 11. The number of hydrogen-bond donors (Lipinski definition) is 1. The van der Waals surface area contributed by atoms with Gasteiger partial charge in [-0.25, -0.2) is 4.98 Å². The molecule has 2 aromatic heterocycles. The van der Waals surface area contributed by atoms with Crippen molar-refractivity contribution in [3.05, 3.63) is 60.2 Å². The summed E-state index contributed by atoms with van der Waals surface area (Å²) in [5.41, 5.74) is 2.40. The van der Waals surface area contributed by atoms with Crippen LogP contribution in [0.25, 0.3) is 11.0 Å². The number of aryl methyl sites for hydroxylation is 1. The molecule has 0 saturated heterocycles. The van der Waals surface area contributed by atoms with Crippen LogP contribution in [-0.4, -0.2) is 49.9 Å². The summed E-state index contributed by atoms with van der Waals surface area (Å²) in [4.78, 5) is 36.5. The lowest BCUT2D eigenvalue weighted by molar-refractivity contribution is -0.136. The second-order valence-corrected chi connectivity index (χ2v) is 8.52. The number of aromatic nitrogens is 3. The van der Waals surface area contributed by atoms with Crippen LogP contribution in [0, 0.1) is 0 Å². The average molecular weight is 450 g/mol. The Kier molecular flexibility index (Phi) is 8.58. The van der Waals surface area contributed by atoms with Crippen molar-refractivity contribution >= 4 is 22.8 Å². The van der Waals surface area contributed by atoms with Gasteiger partial charge in [-0.2, -0.15) is 0 Å². The third-order valence-corrected chi connectivity index (χ3v) is 6.23. The number of carbonyl (C=O) groups excluding carboxylic acids is 2. The molecule has 0 aliphatic heterocycles. The van der Waals surface area contributed by atoms with E-state index in [9.17, 15) is 9.59 Å². The number of carbonyl (C=O) groups is 2. The molecule has 0 aliphatic rings. The molecule has 0 spiro atoms. The molecule has 0 radical (unpaired) electrons. The first-order chi connectivity index (χ1) is 16.0. The lowest BCUT2D eigenvalue weighted by atomic mass is 10.1. The predicted octanol–water partition coefficient (Wildman–Crippen LogP) is 4.22. The zero-order chi connectivity index (χ0) is 23.8. The molecule has 3 rings (SSSR count). The van der Waals surface area contributed by atoms with Crippen molar-refractivity contribution in [2.24, 2.45) is 0 Å². The van der Waals surface area contributed by atoms with Gasteiger partial charge in [0.05, 0.1) is 16.6 Å². The number of imidazole rings is 1. The molecule has 2 heterocycles. The highest BCUT2D eigenvalue weighted by molar-refractivity contribution is 5.93. The van der Waals surface area contributed by atoms with Crippen molar-refractivity contribution in [1.82, 2.24) is 24.8 Å². The number of para-hydroxylation sites is 2. The number of amides is 2. The van der Waals surface area contributed by atoms with Gasteiger partial charge in [0.1, 0.15) is 12.4 Å². The van der Waals surface area contributed by atoms with Crippen molar-refractivity contribution in [2.45, 2.75) is 72.0 Å². The molecule has 0 fully saturated rings. The Morgan fingerprint density at radius 1 is 1.06 bits per heavy atom. The molecule has 2 amide bonds. The largest absolute Gasteiger partial charge is 0.352 e. The quantitative estimate of drug-likeness (QED) is 0.445. The molecule has 7 heteroatoms. The summed E-state index contributed by atoms with van der Waals surface area (Å²) in [6.07, 6.45) is 6.44. The molecular weight excluding hydrogens is 414 g/mol. The monoisotopic (exact) mass is 449 g/mol. The van der Waals surface area contributed by atoms with E-state index in [2.05, 4.69) is 38.0 Å². The molecule has 33 heavy (non-hydrogen) atoms. The maximum Gasteiger partial charge on any atom is 0.252 e. The van der Waals surface area contributed by atoms with Gasteiger partial charge in [-0.15, -0.1) is 0 Å². The zero-order valence-corrected chi connectivity index (χ0v) is 20.1. The third-order valence-electron chi connectivity index (χ3n) is 6.23. The van der Waals surface area contributed by atoms with Crippen LogP contribution in [0.4, 0.5) is 0 Å². The van der Waals surface area contributed by atoms with Crippen molar-refractivity contribution in [3.63, 3.8) is 0 Å². The zero-order valence-electron chi connectivity index (χ0n) is 20.1. The number of pyridine rings is 1. The van der Waals surface area contributed by atoms with Gasteiger partial charge in [-0.05, 0) is 57.4 Å². The van der Waals surface area contributed by atoms with Crippen molar-refractivity contribution < 1.29 is 9.59 Å². The molecule has 1 N–H and O–H groups in total. The minimum atomic E-state index is -0.135. The second kappa shape index (κ2) is 11.6. The van der Waals surface area contributed by atoms with Crippen molar-refractivity contribution in [1.29, 1.82) is 0 Å². The van der Waals surface area contributed by atoms with E-state index in [1.165, 1.54) is 0 Å². The van der Waals surface area contributed by atoms with Crippen molar-refractivity contribution in [3.8, 4) is 0 Å². The maximum atomic E-state index is 13.4. The van der Waals surface area contributed by atoms with Gasteiger partial charge in [-0.3, -0.25) is 14.6 Å². The topological polar surface area (TPSA) is 80.1 Å². The molecule has 1 aromatic carbocycles. The summed E-state index contributed by atoms with van der Waals surface area (Å²) in [6, 6.07) is 11.8. The predicted molar refractivity (Wildman–Crippen MR) is 131 cm³/mol. The fraction of sp³-hybridized carbons (Fsp3) is 0.462. The minimum Gasteiger partial charge on any atom is -0.352 e. The number of benzene rings is 1. The fourth-order valence-corrected chi connectivity index (χ4v) is 4.08. The number of nitrogens with zero attached hydrogens (tertiary/aromatic N) is 4. The molecule has 3 aromatic rings. The van der Waals surface area contributed by atoms with E-state index in [-0.39, 0.29) is 30.4 Å². The van der Waals surface area contributed by atoms with Crippen LogP contribution >= 0.6 is 0 Å². The SMILES string of the molecule is CCC(C)N(C(=O)Cn1c(CCCNC(=O)c2cccnc2)nc2ccccc21)C(C)CC. The Morgan fingerprint density at radius 3 is 2.45 bits per heavy atom. The van der Waals surface area contributed by atoms with E-state index < -0.39 is 0 Å². The Hall–Kier alpha value is -3.22. The Balaban J connectivity index is 1.72. The summed E-state index contributed by atoms with van der Waals surface area (Å²) in [7, 11) is 0. The van der Waals surface area contributed by atoms with Gasteiger partial charge < -0.3 is 14.8 Å². The molecular formula is C26H35N5O2. The van der Waals surface area contributed by atoms with Crippen LogP contribution in [-0.2, 0) is 17.8 Å². The third kappa shape index (κ3) is 5.97. The highest BCUT2D eigenvalue weighted by Gasteiger charge is 2.25. The second-order valence-electron chi connectivity index (χ2n) is 8.52. The maximum absolute atomic E-state index is 13.4. The van der Waals surface area contributed by atoms with E-state index in [1.54, 1.807) is 24.5 Å². The minimum absolute atomic E-state index is 0.119. The molecule has 2 atom stereocenters. The van der Waals surface area contributed by atoms with Gasteiger partial charge in [-0.1, -0.05) is 26.0 Å². The smallest absolute Gasteiger partial charge is 0.252 e. The van der Waals surface area contributed by atoms with Gasteiger partial charge in [0, 0.05) is 37.4 Å². The lowest BCUT2D eigenvalue weighted by Gasteiger charge is -2.34. The van der Waals surface area contributed by atoms with E-state index in [0.29, 0.717) is 18.5 Å². The lowest BCUT2D eigenvalue weighted by Crippen LogP contribution is -2.45. The standard InChI is InChI=1S/C26H35N5O2/c1-5-19(3)31(20(4)6-2)25(32)18-30-23-13-8-7-12-22(23)29-24(30)14-10-16-28-26(33)21-11-9-15-27-17-21/h7-9,11-13,15,17,19-20H,5-6,10,14,16,18H2,1-4H3,(H,28,33). The molecule has 7 nitrogen and oxygen atoms in total. The van der Waals surface area contributed by atoms with Crippen LogP contribution < -0.4 is 5.32 Å². The highest BCUT2D eigenvalue weighted by Crippen LogP contribution is 2.19. The Bertz CT molecular complexity index is 1050. The van der Waals surface area contributed by atoms with Crippen LogP contribution in [0.1, 0.15) is 63.1 Å². The van der Waals surface area contributed by atoms with Gasteiger partial charge in [0.2, 0.25) is 5.91 Å². The molecule has 0 bridgehead atoms. The van der Waals surface area contributed by atoms with Crippen LogP contribution in [0.3, 0.4) is 0 Å². The number of fused-ring (bicyclic) bond motifs is 1. The molecule has 0 aliphatic carbocycles. The van der Waals surface area contributed by atoms with Crippen LogP contribution in [0.2, 0.25) is 0 Å². The van der Waals surface area contributed by atoms with E-state index in [0.717, 1.165) is 36.1 Å². The summed E-state index contributed by atoms with van der Waals surface area (Å²) in [5.74, 6) is 0.853. The first kappa shape index (κ1) is 24.4. The summed E-state index contributed by atoms with van der Waals surface area (Å²) < 4.78 is 2.04. The number of nitrogens with one attached hydrogen (secondary N) is 1. The molecule has 0 saturated carbocycles. The summed E-state index contributed by atoms with van der Waals surface area (Å²) in [6.45, 7) is 9.25. The molecule has 2 unspecified atom stereocenters. The Labute approximate surface area is 196 Å². The van der Waals surface area contributed by atoms with Gasteiger partial charge >= 0.3 is 0 Å². The average Bonchev–Trinajstić information content (AvgIpc) is 3.19. The first-order valence-corrected chi connectivity index (χ1v) is 11.9. The first-order valence-electron chi connectivity index (χ1n) is 11.9. The van der Waals surface area contributed by atoms with Crippen LogP contribution in [0.5, 0.6) is 0 Å². The van der Waals surface area contributed by atoms with E-state index >= 15 is 0 Å². The number of hydrogen-bond acceptors (Lipinski definition) is 4. The van der Waals surface area contributed by atoms with Gasteiger partial charge in [0.25, 0.3) is 5.91 Å². The fourth-order valence-electron chi connectivity index (χ4n) is 4.08.